The lowest BCUT2D eigenvalue weighted by Gasteiger charge is -2.23. The number of halogens is 1. The van der Waals surface area contributed by atoms with Gasteiger partial charge in [0.15, 0.2) is 5.13 Å². The fourth-order valence-corrected chi connectivity index (χ4v) is 4.80. The van der Waals surface area contributed by atoms with Crippen LogP contribution in [0.4, 0.5) is 5.13 Å². The third-order valence-corrected chi connectivity index (χ3v) is 6.57. The molecule has 1 unspecified atom stereocenters. The highest BCUT2D eigenvalue weighted by Crippen LogP contribution is 2.32. The topological polar surface area (TPSA) is 42.4 Å². The Balaban J connectivity index is 1.73. The van der Waals surface area contributed by atoms with Gasteiger partial charge in [-0.25, -0.2) is 4.98 Å². The summed E-state index contributed by atoms with van der Waals surface area (Å²) >= 11 is 5.08. The molecule has 0 saturated carbocycles. The molecule has 1 fully saturated rings. The maximum absolute atomic E-state index is 13.4. The number of hydrogen-bond acceptors (Lipinski definition) is 4. The number of anilines is 1. The molecule has 4 nitrogen and oxygen atoms in total. The zero-order valence-electron chi connectivity index (χ0n) is 15.2. The summed E-state index contributed by atoms with van der Waals surface area (Å²) in [5.74, 6) is -0.0484. The van der Waals surface area contributed by atoms with Crippen molar-refractivity contribution in [2.75, 3.05) is 18.1 Å². The van der Waals surface area contributed by atoms with Gasteiger partial charge in [-0.1, -0.05) is 36.5 Å². The number of hydrogen-bond donors (Lipinski definition) is 0. The van der Waals surface area contributed by atoms with Crippen LogP contribution in [0, 0.1) is 0 Å². The van der Waals surface area contributed by atoms with Crippen molar-refractivity contribution >= 4 is 48.5 Å². The molecule has 0 radical (unpaired) electrons. The summed E-state index contributed by atoms with van der Waals surface area (Å²) in [5.41, 5.74) is 2.86. The van der Waals surface area contributed by atoms with Gasteiger partial charge in [0.1, 0.15) is 0 Å². The molecule has 1 aliphatic rings. The normalized spacial score (nSPS) is 16.7. The molecule has 0 N–H and O–H groups in total. The first-order chi connectivity index (χ1) is 13.2. The van der Waals surface area contributed by atoms with Gasteiger partial charge < -0.3 is 4.74 Å². The van der Waals surface area contributed by atoms with Gasteiger partial charge in [-0.05, 0) is 65.0 Å². The number of rotatable bonds is 5. The van der Waals surface area contributed by atoms with Gasteiger partial charge >= 0.3 is 0 Å². The predicted molar refractivity (Wildman–Crippen MR) is 114 cm³/mol. The number of ether oxygens (including phenoxy) is 1. The molecule has 0 bridgehead atoms. The number of thiazole rings is 1. The highest BCUT2D eigenvalue weighted by atomic mass is 79.9. The molecule has 6 heteroatoms. The van der Waals surface area contributed by atoms with E-state index in [0.717, 1.165) is 45.7 Å². The molecule has 140 valence electrons. The molecule has 4 rings (SSSR count). The highest BCUT2D eigenvalue weighted by Gasteiger charge is 2.27. The lowest BCUT2D eigenvalue weighted by Crippen LogP contribution is -2.37. The molecule has 1 aromatic heterocycles. The van der Waals surface area contributed by atoms with Crippen LogP contribution in [-0.4, -0.2) is 30.1 Å². The fraction of sp³-hybridized carbons (Fsp3) is 0.333. The zero-order valence-corrected chi connectivity index (χ0v) is 17.6. The first-order valence-electron chi connectivity index (χ1n) is 9.23. The Kier molecular flexibility index (Phi) is 5.57. The van der Waals surface area contributed by atoms with Gasteiger partial charge in [0.05, 0.1) is 28.4 Å². The van der Waals surface area contributed by atoms with Crippen molar-refractivity contribution in [3.63, 3.8) is 0 Å². The van der Waals surface area contributed by atoms with Gasteiger partial charge in [-0.3, -0.25) is 9.69 Å². The van der Waals surface area contributed by atoms with Crippen LogP contribution in [0.3, 0.4) is 0 Å². The van der Waals surface area contributed by atoms with Crippen molar-refractivity contribution in [2.24, 2.45) is 0 Å². The van der Waals surface area contributed by atoms with E-state index in [2.05, 4.69) is 35.0 Å². The Morgan fingerprint density at radius 2 is 2.19 bits per heavy atom. The molecule has 1 amide bonds. The van der Waals surface area contributed by atoms with Crippen molar-refractivity contribution in [1.29, 1.82) is 0 Å². The number of amides is 1. The van der Waals surface area contributed by atoms with Crippen LogP contribution < -0.4 is 4.90 Å². The summed E-state index contributed by atoms with van der Waals surface area (Å²) in [4.78, 5) is 19.9. The van der Waals surface area contributed by atoms with Crippen molar-refractivity contribution < 1.29 is 9.53 Å². The summed E-state index contributed by atoms with van der Waals surface area (Å²) in [6.07, 6.45) is 3.07. The van der Waals surface area contributed by atoms with E-state index in [9.17, 15) is 4.79 Å². The van der Waals surface area contributed by atoms with Crippen molar-refractivity contribution in [3.8, 4) is 0 Å². The minimum absolute atomic E-state index is 0.0484. The maximum Gasteiger partial charge on any atom is 0.261 e. The van der Waals surface area contributed by atoms with Crippen LogP contribution in [0.2, 0.25) is 0 Å². The minimum atomic E-state index is -0.0484. The van der Waals surface area contributed by atoms with Crippen molar-refractivity contribution in [3.05, 3.63) is 58.1 Å². The van der Waals surface area contributed by atoms with Gasteiger partial charge in [0, 0.05) is 11.1 Å². The van der Waals surface area contributed by atoms with Crippen LogP contribution in [0.25, 0.3) is 10.2 Å². The van der Waals surface area contributed by atoms with Crippen LogP contribution in [0.5, 0.6) is 0 Å². The summed E-state index contributed by atoms with van der Waals surface area (Å²) in [6, 6.07) is 13.8. The quantitative estimate of drug-likeness (QED) is 0.525. The van der Waals surface area contributed by atoms with E-state index in [1.165, 1.54) is 5.56 Å². The van der Waals surface area contributed by atoms with Crippen molar-refractivity contribution in [2.45, 2.75) is 32.3 Å². The molecule has 27 heavy (non-hydrogen) atoms. The summed E-state index contributed by atoms with van der Waals surface area (Å²) in [5, 5.41) is 0.731. The molecular weight excluding hydrogens is 424 g/mol. The second kappa shape index (κ2) is 8.09. The molecule has 1 saturated heterocycles. The Morgan fingerprint density at radius 1 is 1.33 bits per heavy atom. The van der Waals surface area contributed by atoms with Crippen LogP contribution in [0.15, 0.2) is 46.9 Å². The fourth-order valence-electron chi connectivity index (χ4n) is 3.31. The van der Waals surface area contributed by atoms with Gasteiger partial charge in [-0.15, -0.1) is 0 Å². The largest absolute Gasteiger partial charge is 0.376 e. The molecule has 1 atom stereocenters. The Bertz CT molecular complexity index is 966. The van der Waals surface area contributed by atoms with Crippen molar-refractivity contribution in [1.82, 2.24) is 4.98 Å². The average Bonchev–Trinajstić information content (AvgIpc) is 3.34. The molecule has 0 spiro atoms. The van der Waals surface area contributed by atoms with Gasteiger partial charge in [0.25, 0.3) is 5.91 Å². The van der Waals surface area contributed by atoms with E-state index in [-0.39, 0.29) is 12.0 Å². The van der Waals surface area contributed by atoms with Crippen LogP contribution >= 0.6 is 27.3 Å². The molecule has 3 aromatic rings. The van der Waals surface area contributed by atoms with E-state index in [4.69, 9.17) is 9.72 Å². The van der Waals surface area contributed by atoms with E-state index < -0.39 is 0 Å². The Hall–Kier alpha value is -1.76. The Labute approximate surface area is 171 Å². The third kappa shape index (κ3) is 3.93. The lowest BCUT2D eigenvalue weighted by atomic mass is 10.1. The highest BCUT2D eigenvalue weighted by molar-refractivity contribution is 9.10. The molecule has 0 aliphatic carbocycles. The monoisotopic (exact) mass is 444 g/mol. The minimum Gasteiger partial charge on any atom is -0.376 e. The first kappa shape index (κ1) is 18.6. The first-order valence-corrected chi connectivity index (χ1v) is 10.8. The molecule has 1 aliphatic heterocycles. The SMILES string of the molecule is CCc1ccc2nc(N(CC3CCCO3)C(=O)c3ccccc3Br)sc2c1. The van der Waals surface area contributed by atoms with E-state index in [1.807, 2.05) is 30.3 Å². The standard InChI is InChI=1S/C21H21BrN2O2S/c1-2-14-9-10-18-19(12-14)27-21(23-18)24(13-15-6-5-11-26-15)20(25)16-7-3-4-8-17(16)22/h3-4,7-10,12,15H,2,5-6,11,13H2,1H3. The number of aryl methyl sites for hydroxylation is 1. The Morgan fingerprint density at radius 3 is 2.93 bits per heavy atom. The number of carbonyl (C=O) groups is 1. The second-order valence-electron chi connectivity index (χ2n) is 6.68. The number of aromatic nitrogens is 1. The van der Waals surface area contributed by atoms with E-state index in [1.54, 1.807) is 16.2 Å². The molecule has 2 heterocycles. The van der Waals surface area contributed by atoms with Crippen LogP contribution in [0.1, 0.15) is 35.7 Å². The maximum atomic E-state index is 13.4. The molecular formula is C21H21BrN2O2S. The second-order valence-corrected chi connectivity index (χ2v) is 8.55. The number of nitrogens with zero attached hydrogens (tertiary/aromatic N) is 2. The number of benzene rings is 2. The molecule has 2 aromatic carbocycles. The van der Waals surface area contributed by atoms with Gasteiger partial charge in [-0.2, -0.15) is 0 Å². The lowest BCUT2D eigenvalue weighted by molar-refractivity contribution is 0.0917. The third-order valence-electron chi connectivity index (χ3n) is 4.84. The van der Waals surface area contributed by atoms with E-state index in [0.29, 0.717) is 12.1 Å². The predicted octanol–water partition coefficient (Wildman–Crippen LogP) is 5.45. The number of fused-ring (bicyclic) bond motifs is 1. The number of carbonyl (C=O) groups excluding carboxylic acids is 1. The van der Waals surface area contributed by atoms with Crippen LogP contribution in [-0.2, 0) is 11.2 Å². The van der Waals surface area contributed by atoms with Gasteiger partial charge in [0.2, 0.25) is 0 Å². The zero-order chi connectivity index (χ0) is 18.8. The summed E-state index contributed by atoms with van der Waals surface area (Å²) in [7, 11) is 0. The average molecular weight is 445 g/mol. The smallest absolute Gasteiger partial charge is 0.261 e. The van der Waals surface area contributed by atoms with E-state index >= 15 is 0 Å². The summed E-state index contributed by atoms with van der Waals surface area (Å²) in [6.45, 7) is 3.44. The summed E-state index contributed by atoms with van der Waals surface area (Å²) < 4.78 is 7.71.